The predicted molar refractivity (Wildman–Crippen MR) is 117 cm³/mol. The molecule has 0 aliphatic carbocycles. The maximum absolute atomic E-state index is 13.2. The summed E-state index contributed by atoms with van der Waals surface area (Å²) in [5.41, 5.74) is -1.81. The molecule has 33 heavy (non-hydrogen) atoms. The molecule has 4 aromatic rings. The average Bonchev–Trinajstić information content (AvgIpc) is 2.79. The summed E-state index contributed by atoms with van der Waals surface area (Å²) in [6.45, 7) is 0. The Balaban J connectivity index is 1.98. The van der Waals surface area contributed by atoms with Crippen LogP contribution in [-0.2, 0) is 6.18 Å². The van der Waals surface area contributed by atoms with E-state index in [1.54, 1.807) is 24.3 Å². The fraction of sp³-hybridized carbons (Fsp3) is 0.0417. The molecule has 1 heterocycles. The minimum absolute atomic E-state index is 0.0443. The maximum Gasteiger partial charge on any atom is 0.416 e. The van der Waals surface area contributed by atoms with Crippen LogP contribution < -0.4 is 5.56 Å². The molecule has 0 amide bonds. The molecule has 166 valence electrons. The van der Waals surface area contributed by atoms with Gasteiger partial charge in [-0.15, -0.1) is 0 Å². The summed E-state index contributed by atoms with van der Waals surface area (Å²) in [4.78, 5) is 28.7. The van der Waals surface area contributed by atoms with Crippen LogP contribution in [-0.4, -0.2) is 27.0 Å². The normalized spacial score (nSPS) is 11.8. The molecule has 0 unspecified atom stereocenters. The summed E-state index contributed by atoms with van der Waals surface area (Å²) in [5, 5.41) is 20.7. The number of carboxylic acids is 1. The van der Waals surface area contributed by atoms with Gasteiger partial charge in [0.2, 0.25) is 5.88 Å². The van der Waals surface area contributed by atoms with E-state index in [0.717, 1.165) is 22.8 Å². The molecule has 0 radical (unpaired) electrons. The summed E-state index contributed by atoms with van der Waals surface area (Å²) in [6.07, 6.45) is -3.46. The van der Waals surface area contributed by atoms with E-state index in [0.29, 0.717) is 5.39 Å². The van der Waals surface area contributed by atoms with Gasteiger partial charge in [-0.3, -0.25) is 9.79 Å². The van der Waals surface area contributed by atoms with Crippen molar-refractivity contribution in [3.05, 3.63) is 99.8 Å². The number of aromatic carboxylic acids is 1. The van der Waals surface area contributed by atoms with Crippen molar-refractivity contribution < 1.29 is 28.2 Å². The van der Waals surface area contributed by atoms with Gasteiger partial charge >= 0.3 is 12.1 Å². The second-order valence-corrected chi connectivity index (χ2v) is 7.05. The lowest BCUT2D eigenvalue weighted by Gasteiger charge is -2.15. The van der Waals surface area contributed by atoms with E-state index < -0.39 is 29.1 Å². The lowest BCUT2D eigenvalue weighted by Crippen LogP contribution is -2.20. The van der Waals surface area contributed by atoms with Crippen LogP contribution in [0.4, 0.5) is 18.9 Å². The van der Waals surface area contributed by atoms with Crippen molar-refractivity contribution in [3.8, 4) is 11.6 Å². The maximum atomic E-state index is 13.2. The number of aliphatic imine (C=N–C) groups is 1. The zero-order valence-corrected chi connectivity index (χ0v) is 16.7. The Kier molecular flexibility index (Phi) is 5.47. The molecule has 0 atom stereocenters. The Morgan fingerprint density at radius 2 is 1.61 bits per heavy atom. The number of rotatable bonds is 4. The third-order valence-electron chi connectivity index (χ3n) is 5.00. The van der Waals surface area contributed by atoms with Crippen molar-refractivity contribution in [2.24, 2.45) is 4.99 Å². The number of halogens is 3. The highest BCUT2D eigenvalue weighted by Crippen LogP contribution is 2.32. The Labute approximate surface area is 184 Å². The zero-order chi connectivity index (χ0) is 23.8. The fourth-order valence-electron chi connectivity index (χ4n) is 3.45. The van der Waals surface area contributed by atoms with E-state index in [-0.39, 0.29) is 27.9 Å². The van der Waals surface area contributed by atoms with E-state index in [4.69, 9.17) is 0 Å². The third kappa shape index (κ3) is 4.08. The van der Waals surface area contributed by atoms with E-state index in [2.05, 4.69) is 4.99 Å². The average molecular weight is 452 g/mol. The number of fused-ring (bicyclic) bond motifs is 1. The van der Waals surface area contributed by atoms with Gasteiger partial charge in [-0.05, 0) is 36.4 Å². The van der Waals surface area contributed by atoms with E-state index in [1.165, 1.54) is 36.5 Å². The molecule has 0 saturated carbocycles. The van der Waals surface area contributed by atoms with Gasteiger partial charge in [0.15, 0.2) is 0 Å². The number of aromatic nitrogens is 1. The number of carbonyl (C=O) groups is 1. The first-order valence-electron chi connectivity index (χ1n) is 9.59. The molecule has 4 rings (SSSR count). The Hall–Kier alpha value is -4.40. The molecule has 0 bridgehead atoms. The number of hydrogen-bond acceptors (Lipinski definition) is 4. The summed E-state index contributed by atoms with van der Waals surface area (Å²) in [7, 11) is 0. The van der Waals surface area contributed by atoms with Crippen LogP contribution >= 0.6 is 0 Å². The Morgan fingerprint density at radius 1 is 0.939 bits per heavy atom. The van der Waals surface area contributed by atoms with Crippen LogP contribution in [0.3, 0.4) is 0 Å². The summed E-state index contributed by atoms with van der Waals surface area (Å²) in [5.74, 6) is -1.83. The highest BCUT2D eigenvalue weighted by Gasteiger charge is 2.31. The molecule has 0 fully saturated rings. The van der Waals surface area contributed by atoms with Crippen molar-refractivity contribution in [2.75, 3.05) is 0 Å². The fourth-order valence-corrected chi connectivity index (χ4v) is 3.45. The SMILES string of the molecule is O=C(O)c1ccccc1N=Cc1c(O)n(-c2cccc(C(F)(F)F)c2)c(=O)c2ccccc12. The van der Waals surface area contributed by atoms with Crippen molar-refractivity contribution in [2.45, 2.75) is 6.18 Å². The van der Waals surface area contributed by atoms with Crippen LogP contribution in [0.25, 0.3) is 16.5 Å². The first kappa shape index (κ1) is 21.8. The number of pyridine rings is 1. The number of nitrogens with zero attached hydrogens (tertiary/aromatic N) is 2. The Morgan fingerprint density at radius 3 is 2.30 bits per heavy atom. The molecular formula is C24H15F3N2O4. The molecule has 9 heteroatoms. The van der Waals surface area contributed by atoms with Gasteiger partial charge in [0.05, 0.1) is 28.1 Å². The number of hydrogen-bond donors (Lipinski definition) is 2. The zero-order valence-electron chi connectivity index (χ0n) is 16.7. The summed E-state index contributed by atoms with van der Waals surface area (Å²) in [6, 6.07) is 16.2. The molecule has 0 saturated heterocycles. The topological polar surface area (TPSA) is 91.9 Å². The molecule has 0 aliphatic heterocycles. The number of carboxylic acid groups (broad SMARTS) is 1. The van der Waals surface area contributed by atoms with E-state index in [9.17, 15) is 33.0 Å². The van der Waals surface area contributed by atoms with E-state index >= 15 is 0 Å². The summed E-state index contributed by atoms with van der Waals surface area (Å²) < 4.78 is 40.4. The predicted octanol–water partition coefficient (Wildman–Crippen LogP) is 5.16. The molecule has 2 N–H and O–H groups in total. The molecule has 0 aliphatic rings. The van der Waals surface area contributed by atoms with Gasteiger partial charge in [0, 0.05) is 17.0 Å². The van der Waals surface area contributed by atoms with Crippen molar-refractivity contribution in [1.29, 1.82) is 0 Å². The van der Waals surface area contributed by atoms with Gasteiger partial charge in [-0.2, -0.15) is 13.2 Å². The highest BCUT2D eigenvalue weighted by atomic mass is 19.4. The lowest BCUT2D eigenvalue weighted by molar-refractivity contribution is -0.137. The third-order valence-corrected chi connectivity index (χ3v) is 5.00. The first-order chi connectivity index (χ1) is 15.7. The van der Waals surface area contributed by atoms with Crippen LogP contribution in [0.1, 0.15) is 21.5 Å². The second kappa shape index (κ2) is 8.27. The van der Waals surface area contributed by atoms with Gasteiger partial charge in [0.25, 0.3) is 5.56 Å². The summed E-state index contributed by atoms with van der Waals surface area (Å²) >= 11 is 0. The lowest BCUT2D eigenvalue weighted by atomic mass is 10.1. The van der Waals surface area contributed by atoms with Gasteiger partial charge in [-0.25, -0.2) is 9.36 Å². The van der Waals surface area contributed by atoms with E-state index in [1.807, 2.05) is 0 Å². The largest absolute Gasteiger partial charge is 0.494 e. The highest BCUT2D eigenvalue weighted by molar-refractivity contribution is 6.03. The van der Waals surface area contributed by atoms with Crippen LogP contribution in [0.15, 0.2) is 82.6 Å². The first-order valence-corrected chi connectivity index (χ1v) is 9.59. The smallest absolute Gasteiger partial charge is 0.416 e. The molecule has 3 aromatic carbocycles. The van der Waals surface area contributed by atoms with Crippen molar-refractivity contribution in [1.82, 2.24) is 4.57 Å². The van der Waals surface area contributed by atoms with Crippen LogP contribution in [0.2, 0.25) is 0 Å². The van der Waals surface area contributed by atoms with Gasteiger partial charge < -0.3 is 10.2 Å². The van der Waals surface area contributed by atoms with Crippen molar-refractivity contribution >= 4 is 28.6 Å². The monoisotopic (exact) mass is 452 g/mol. The molecular weight excluding hydrogens is 437 g/mol. The molecule has 6 nitrogen and oxygen atoms in total. The van der Waals surface area contributed by atoms with Gasteiger partial charge in [-0.1, -0.05) is 36.4 Å². The Bertz CT molecular complexity index is 1470. The van der Waals surface area contributed by atoms with Crippen LogP contribution in [0, 0.1) is 0 Å². The molecule has 0 spiro atoms. The number of benzene rings is 3. The standard InChI is InChI=1S/C24H15F3N2O4/c25-24(26,27)14-6-5-7-15(12-14)29-21(30)17-9-2-1-8-16(17)19(22(29)31)13-28-20-11-4-3-10-18(20)23(32)33/h1-13,31H,(H,32,33). The molecule has 1 aromatic heterocycles. The quantitative estimate of drug-likeness (QED) is 0.418. The second-order valence-electron chi connectivity index (χ2n) is 7.05. The number of alkyl halides is 3. The van der Waals surface area contributed by atoms with Crippen molar-refractivity contribution in [3.63, 3.8) is 0 Å². The van der Waals surface area contributed by atoms with Crippen LogP contribution in [0.5, 0.6) is 5.88 Å². The van der Waals surface area contributed by atoms with Gasteiger partial charge in [0.1, 0.15) is 0 Å². The minimum atomic E-state index is -4.64. The minimum Gasteiger partial charge on any atom is -0.494 e. The number of para-hydroxylation sites is 1. The number of aromatic hydroxyl groups is 1.